The molecule has 0 radical (unpaired) electrons. The van der Waals surface area contributed by atoms with Crippen LogP contribution in [0.5, 0.6) is 0 Å². The van der Waals surface area contributed by atoms with Gasteiger partial charge in [-0.15, -0.1) is 0 Å². The Morgan fingerprint density at radius 1 is 0.152 bits per heavy atom. The zero-order chi connectivity index (χ0) is 82.7. The summed E-state index contributed by atoms with van der Waals surface area (Å²) in [6.45, 7) is 4.07. The number of hydrogen-bond acceptors (Lipinski definition) is 9. The summed E-state index contributed by atoms with van der Waals surface area (Å²) in [6, 6.07) is 137. The molecule has 9 heteroatoms. The number of aromatic nitrogens is 6. The standard InChI is InChI=1S/2C40H24N2O.C36H24N2O/c1-2-9-25(10-3-1)36-24-41-39-33-19-17-28(22-34(33)30-13-4-5-15-32(30)40(39)42-36)26-11-8-12-27(21-26)29-18-20-38-35(23-29)31-14-6-7-16-37(31)43-38;1-2-9-25(10-3-1)36-24-41-39-32-15-5-4-13-30(32)34-22-28(17-19-33(34)40(39)42-36)26-11-8-12-27(21-26)29-18-20-38-35(23-29)31-14-6-7-16-37(31)43-38;1-21-22(2)38-36-30-16-14-25(19-31(30)27-10-3-4-12-29(27)35(36)37-21)23-8-7-9-24(18-23)26-15-17-34-32(20-26)28-11-5-6-13-33(28)39-34/h2*1-24H;3-20H,1-2H3. The molecule has 0 saturated carbocycles. The molecule has 6 heterocycles. The summed E-state index contributed by atoms with van der Waals surface area (Å²) in [5.41, 5.74) is 31.1. The molecule has 0 atom stereocenters. The van der Waals surface area contributed by atoms with Crippen molar-refractivity contribution >= 4 is 164 Å². The van der Waals surface area contributed by atoms with Crippen LogP contribution in [0.1, 0.15) is 11.4 Å². The third-order valence-corrected chi connectivity index (χ3v) is 25.0. The summed E-state index contributed by atoms with van der Waals surface area (Å²) >= 11 is 0. The van der Waals surface area contributed by atoms with E-state index in [4.69, 9.17) is 43.2 Å². The molecule has 125 heavy (non-hydrogen) atoms. The second-order valence-corrected chi connectivity index (χ2v) is 32.3. The van der Waals surface area contributed by atoms with E-state index < -0.39 is 0 Å². The summed E-state index contributed by atoms with van der Waals surface area (Å²) in [4.78, 5) is 30.1. The highest BCUT2D eigenvalue weighted by Gasteiger charge is 2.21. The molecule has 0 bridgehead atoms. The molecule has 0 aliphatic carbocycles. The molecule has 0 saturated heterocycles. The van der Waals surface area contributed by atoms with Crippen LogP contribution >= 0.6 is 0 Å². The van der Waals surface area contributed by atoms with E-state index in [9.17, 15) is 0 Å². The summed E-state index contributed by atoms with van der Waals surface area (Å²) in [5, 5.41) is 20.7. The molecule has 6 aromatic heterocycles. The molecule has 20 aromatic carbocycles. The number of rotatable bonds is 8. The van der Waals surface area contributed by atoms with Crippen LogP contribution in [0.3, 0.4) is 0 Å². The van der Waals surface area contributed by atoms with Crippen molar-refractivity contribution in [3.63, 3.8) is 0 Å². The van der Waals surface area contributed by atoms with Crippen molar-refractivity contribution in [2.75, 3.05) is 0 Å². The maximum absolute atomic E-state index is 6.07. The van der Waals surface area contributed by atoms with Gasteiger partial charge in [0.15, 0.2) is 0 Å². The Hall–Kier alpha value is -16.6. The van der Waals surface area contributed by atoms with E-state index in [0.29, 0.717) is 0 Å². The van der Waals surface area contributed by atoms with Crippen LogP contribution < -0.4 is 0 Å². The van der Waals surface area contributed by atoms with Crippen molar-refractivity contribution in [3.05, 3.63) is 412 Å². The van der Waals surface area contributed by atoms with Crippen LogP contribution in [-0.2, 0) is 0 Å². The molecule has 0 unspecified atom stereocenters. The minimum absolute atomic E-state index is 0.879. The van der Waals surface area contributed by atoms with Gasteiger partial charge in [0.25, 0.3) is 0 Å². The van der Waals surface area contributed by atoms with Gasteiger partial charge in [-0.2, -0.15) is 0 Å². The van der Waals surface area contributed by atoms with Crippen molar-refractivity contribution in [3.8, 4) is 89.3 Å². The van der Waals surface area contributed by atoms with Crippen molar-refractivity contribution in [2.24, 2.45) is 0 Å². The second kappa shape index (κ2) is 29.7. The summed E-state index contributed by atoms with van der Waals surface area (Å²) in [5.74, 6) is 0. The van der Waals surface area contributed by atoms with Gasteiger partial charge >= 0.3 is 0 Å². The minimum atomic E-state index is 0.879. The highest BCUT2D eigenvalue weighted by atomic mass is 16.3. The van der Waals surface area contributed by atoms with Gasteiger partial charge in [-0.1, -0.05) is 297 Å². The minimum Gasteiger partial charge on any atom is -0.456 e. The lowest BCUT2D eigenvalue weighted by Gasteiger charge is -2.13. The number of benzene rings is 20. The van der Waals surface area contributed by atoms with Crippen molar-refractivity contribution < 1.29 is 13.3 Å². The highest BCUT2D eigenvalue weighted by molar-refractivity contribution is 6.27. The van der Waals surface area contributed by atoms with E-state index in [1.54, 1.807) is 0 Å². The van der Waals surface area contributed by atoms with Crippen LogP contribution in [0.15, 0.2) is 414 Å². The lowest BCUT2D eigenvalue weighted by atomic mass is 9.94. The molecule has 26 rings (SSSR count). The van der Waals surface area contributed by atoms with Crippen LogP contribution in [0, 0.1) is 13.8 Å². The second-order valence-electron chi connectivity index (χ2n) is 32.3. The summed E-state index contributed by atoms with van der Waals surface area (Å²) < 4.78 is 18.2. The summed E-state index contributed by atoms with van der Waals surface area (Å²) in [6.07, 6.45) is 3.78. The fourth-order valence-electron chi connectivity index (χ4n) is 18.6. The molecular weight excluding hydrogens is 1530 g/mol. The van der Waals surface area contributed by atoms with Gasteiger partial charge in [0.1, 0.15) is 33.5 Å². The molecule has 0 aliphatic rings. The first-order valence-corrected chi connectivity index (χ1v) is 42.2. The van der Waals surface area contributed by atoms with Crippen molar-refractivity contribution in [2.45, 2.75) is 13.8 Å². The van der Waals surface area contributed by atoms with Crippen LogP contribution in [-0.4, -0.2) is 29.9 Å². The summed E-state index contributed by atoms with van der Waals surface area (Å²) in [7, 11) is 0. The number of para-hydroxylation sites is 3. The molecule has 0 aliphatic heterocycles. The number of nitrogens with zero attached hydrogens (tertiary/aromatic N) is 6. The van der Waals surface area contributed by atoms with Crippen LogP contribution in [0.4, 0.5) is 0 Å². The average Bonchev–Trinajstić information content (AvgIpc) is 1.62. The first-order chi connectivity index (χ1) is 61.7. The number of fused-ring (bicyclic) bond motifs is 27. The normalized spacial score (nSPS) is 11.8. The largest absolute Gasteiger partial charge is 0.456 e. The SMILES string of the molecule is Cc1nc2c3ccccc3c3cc(-c4cccc(-c5ccc6oc7ccccc7c6c5)c4)ccc3c2nc1C.c1ccc(-c2cnc3c4ccc(-c5cccc(-c6ccc7oc8ccccc8c7c6)c5)cc4c4ccccc4c3n2)cc1.c1ccc(-c2cnc3c4ccccc4c4cc(-c5cccc(-c6ccc7oc8ccccc8c7c6)c5)ccc4c3n2)cc1. The number of hydrogen-bond donors (Lipinski definition) is 0. The third-order valence-electron chi connectivity index (χ3n) is 25.0. The Bertz CT molecular complexity index is 8900. The third kappa shape index (κ3) is 12.6. The predicted molar refractivity (Wildman–Crippen MR) is 518 cm³/mol. The van der Waals surface area contributed by atoms with Crippen molar-refractivity contribution in [1.29, 1.82) is 0 Å². The number of aryl methyl sites for hydroxylation is 2. The Morgan fingerprint density at radius 3 is 0.704 bits per heavy atom. The van der Waals surface area contributed by atoms with Crippen molar-refractivity contribution in [1.82, 2.24) is 29.9 Å². The molecule has 9 nitrogen and oxygen atoms in total. The molecular formula is C116H72N6O3. The first-order valence-electron chi connectivity index (χ1n) is 42.2. The van der Waals surface area contributed by atoms with E-state index in [1.165, 1.54) is 99.1 Å². The highest BCUT2D eigenvalue weighted by Crippen LogP contribution is 2.44. The van der Waals surface area contributed by atoms with Gasteiger partial charge in [-0.3, -0.25) is 9.97 Å². The Labute approximate surface area is 717 Å². The Morgan fingerprint density at radius 2 is 0.376 bits per heavy atom. The number of furan rings is 3. The lowest BCUT2D eigenvalue weighted by molar-refractivity contribution is 0.668. The van der Waals surface area contributed by atoms with Gasteiger partial charge < -0.3 is 13.3 Å². The van der Waals surface area contributed by atoms with E-state index >= 15 is 0 Å². The zero-order valence-electron chi connectivity index (χ0n) is 68.0. The molecule has 0 amide bonds. The monoisotopic (exact) mass is 1600 g/mol. The van der Waals surface area contributed by atoms with Gasteiger partial charge in [-0.05, 0) is 204 Å². The zero-order valence-corrected chi connectivity index (χ0v) is 68.0. The van der Waals surface area contributed by atoms with E-state index in [1.807, 2.05) is 99.0 Å². The molecule has 0 N–H and O–H groups in total. The Balaban J connectivity index is 0.000000105. The Kier molecular flexibility index (Phi) is 17.2. The topological polar surface area (TPSA) is 117 Å². The molecule has 0 spiro atoms. The first kappa shape index (κ1) is 72.4. The fourth-order valence-corrected chi connectivity index (χ4v) is 18.6. The quantitative estimate of drug-likeness (QED) is 0.137. The van der Waals surface area contributed by atoms with Gasteiger partial charge in [0.2, 0.25) is 0 Å². The van der Waals surface area contributed by atoms with E-state index in [-0.39, 0.29) is 0 Å². The lowest BCUT2D eigenvalue weighted by Crippen LogP contribution is -1.96. The fraction of sp³-hybridized carbons (Fsp3) is 0.0172. The van der Waals surface area contributed by atoms with Gasteiger partial charge in [-0.25, -0.2) is 19.9 Å². The smallest absolute Gasteiger partial charge is 0.135 e. The van der Waals surface area contributed by atoms with E-state index in [0.717, 1.165) is 165 Å². The average molecular weight is 1600 g/mol. The molecule has 0 fully saturated rings. The molecule has 26 aromatic rings. The maximum Gasteiger partial charge on any atom is 0.135 e. The molecule has 584 valence electrons. The predicted octanol–water partition coefficient (Wildman–Crippen LogP) is 31.5. The van der Waals surface area contributed by atoms with Crippen LogP contribution in [0.25, 0.3) is 253 Å². The van der Waals surface area contributed by atoms with Crippen LogP contribution in [0.2, 0.25) is 0 Å². The maximum atomic E-state index is 6.07. The van der Waals surface area contributed by atoms with E-state index in [2.05, 4.69) is 315 Å². The van der Waals surface area contributed by atoms with Gasteiger partial charge in [0.05, 0.1) is 68.3 Å². The van der Waals surface area contributed by atoms with Gasteiger partial charge in [0, 0.05) is 75.8 Å².